The standard InChI is InChI=1S/C14H23ClO2Si/c1-14(2,3)18(4,5)17-10-13(16)11-6-8-12(15)9-7-11/h6-9,13,16H,10H2,1-5H3/t13-/m1/s1. The van der Waals surface area contributed by atoms with Crippen molar-refractivity contribution in [3.63, 3.8) is 0 Å². The maximum absolute atomic E-state index is 10.1. The predicted molar refractivity (Wildman–Crippen MR) is 79.6 cm³/mol. The highest BCUT2D eigenvalue weighted by Gasteiger charge is 2.37. The van der Waals surface area contributed by atoms with Crippen LogP contribution in [0.5, 0.6) is 0 Å². The lowest BCUT2D eigenvalue weighted by molar-refractivity contribution is 0.100. The van der Waals surface area contributed by atoms with Crippen molar-refractivity contribution in [3.05, 3.63) is 34.9 Å². The lowest BCUT2D eigenvalue weighted by Crippen LogP contribution is -2.41. The van der Waals surface area contributed by atoms with Gasteiger partial charge in [0.25, 0.3) is 0 Å². The molecular weight excluding hydrogens is 264 g/mol. The highest BCUT2D eigenvalue weighted by Crippen LogP contribution is 2.37. The maximum Gasteiger partial charge on any atom is 0.192 e. The first-order valence-corrected chi connectivity index (χ1v) is 9.49. The summed E-state index contributed by atoms with van der Waals surface area (Å²) in [5.41, 5.74) is 0.845. The fraction of sp³-hybridized carbons (Fsp3) is 0.571. The van der Waals surface area contributed by atoms with Crippen LogP contribution in [0.3, 0.4) is 0 Å². The van der Waals surface area contributed by atoms with Crippen LogP contribution in [-0.4, -0.2) is 20.0 Å². The first-order valence-electron chi connectivity index (χ1n) is 6.21. The quantitative estimate of drug-likeness (QED) is 0.832. The molecule has 4 heteroatoms. The zero-order chi connectivity index (χ0) is 14.0. The summed E-state index contributed by atoms with van der Waals surface area (Å²) in [7, 11) is -1.80. The van der Waals surface area contributed by atoms with Gasteiger partial charge in [-0.1, -0.05) is 44.5 Å². The van der Waals surface area contributed by atoms with Gasteiger partial charge in [-0.15, -0.1) is 0 Å². The smallest absolute Gasteiger partial charge is 0.192 e. The van der Waals surface area contributed by atoms with Gasteiger partial charge in [-0.05, 0) is 35.8 Å². The van der Waals surface area contributed by atoms with Crippen LogP contribution in [-0.2, 0) is 4.43 Å². The van der Waals surface area contributed by atoms with Gasteiger partial charge < -0.3 is 9.53 Å². The topological polar surface area (TPSA) is 29.5 Å². The molecule has 0 heterocycles. The van der Waals surface area contributed by atoms with Gasteiger partial charge in [-0.25, -0.2) is 0 Å². The normalized spacial score (nSPS) is 14.6. The minimum absolute atomic E-state index is 0.159. The van der Waals surface area contributed by atoms with Gasteiger partial charge in [0.2, 0.25) is 0 Å². The van der Waals surface area contributed by atoms with Crippen LogP contribution < -0.4 is 0 Å². The molecular formula is C14H23ClO2Si. The summed E-state index contributed by atoms with van der Waals surface area (Å²) < 4.78 is 6.00. The molecule has 2 nitrogen and oxygen atoms in total. The third-order valence-corrected chi connectivity index (χ3v) is 8.42. The van der Waals surface area contributed by atoms with Crippen LogP contribution in [0.15, 0.2) is 24.3 Å². The minimum Gasteiger partial charge on any atom is -0.414 e. The van der Waals surface area contributed by atoms with Crippen molar-refractivity contribution in [2.45, 2.75) is 45.0 Å². The lowest BCUT2D eigenvalue weighted by Gasteiger charge is -2.36. The molecule has 1 N–H and O–H groups in total. The summed E-state index contributed by atoms with van der Waals surface area (Å²) in [6, 6.07) is 7.24. The van der Waals surface area contributed by atoms with Gasteiger partial charge >= 0.3 is 0 Å². The second-order valence-electron chi connectivity index (χ2n) is 6.14. The molecule has 0 aliphatic rings. The Morgan fingerprint density at radius 2 is 1.72 bits per heavy atom. The van der Waals surface area contributed by atoms with Crippen LogP contribution in [0.4, 0.5) is 0 Å². The Balaban J connectivity index is 2.61. The number of aliphatic hydroxyl groups excluding tert-OH is 1. The van der Waals surface area contributed by atoms with E-state index in [-0.39, 0.29) is 5.04 Å². The molecule has 102 valence electrons. The van der Waals surface area contributed by atoms with Crippen LogP contribution in [0.25, 0.3) is 0 Å². The largest absolute Gasteiger partial charge is 0.414 e. The molecule has 18 heavy (non-hydrogen) atoms. The summed E-state index contributed by atoms with van der Waals surface area (Å²) in [6.45, 7) is 11.3. The molecule has 0 aliphatic carbocycles. The molecule has 0 unspecified atom stereocenters. The Kier molecular flexibility index (Phi) is 5.01. The van der Waals surface area contributed by atoms with Crippen molar-refractivity contribution >= 4 is 19.9 Å². The van der Waals surface area contributed by atoms with Crippen molar-refractivity contribution < 1.29 is 9.53 Å². The summed E-state index contributed by atoms with van der Waals surface area (Å²) in [6.07, 6.45) is -0.587. The van der Waals surface area contributed by atoms with E-state index in [2.05, 4.69) is 33.9 Å². The zero-order valence-electron chi connectivity index (χ0n) is 11.8. The van der Waals surface area contributed by atoms with Gasteiger partial charge in [0.05, 0.1) is 6.61 Å². The SMILES string of the molecule is CC(C)(C)[Si](C)(C)OC[C@@H](O)c1ccc(Cl)cc1. The van der Waals surface area contributed by atoms with Gasteiger partial charge in [0, 0.05) is 5.02 Å². The fourth-order valence-electron chi connectivity index (χ4n) is 1.28. The second-order valence-corrected chi connectivity index (χ2v) is 11.4. The Bertz CT molecular complexity index is 382. The summed E-state index contributed by atoms with van der Waals surface area (Å²) >= 11 is 5.82. The van der Waals surface area contributed by atoms with Gasteiger partial charge in [0.1, 0.15) is 6.10 Å². The second kappa shape index (κ2) is 5.74. The lowest BCUT2D eigenvalue weighted by atomic mass is 10.1. The molecule has 1 aromatic rings. The van der Waals surface area contributed by atoms with E-state index in [1.807, 2.05) is 12.1 Å². The first-order chi connectivity index (χ1) is 8.13. The Labute approximate surface area is 116 Å². The van der Waals surface area contributed by atoms with E-state index in [1.165, 1.54) is 0 Å². The van der Waals surface area contributed by atoms with Crippen molar-refractivity contribution in [2.24, 2.45) is 0 Å². The molecule has 0 saturated heterocycles. The van der Waals surface area contributed by atoms with E-state index in [4.69, 9.17) is 16.0 Å². The number of hydrogen-bond acceptors (Lipinski definition) is 2. The zero-order valence-corrected chi connectivity index (χ0v) is 13.6. The van der Waals surface area contributed by atoms with Crippen LogP contribution >= 0.6 is 11.6 Å². The summed E-state index contributed by atoms with van der Waals surface area (Å²) in [4.78, 5) is 0. The molecule has 0 spiro atoms. The average Bonchev–Trinajstić information content (AvgIpc) is 2.25. The van der Waals surface area contributed by atoms with E-state index in [1.54, 1.807) is 12.1 Å². The molecule has 0 amide bonds. The number of hydrogen-bond donors (Lipinski definition) is 1. The Morgan fingerprint density at radius 1 is 1.22 bits per heavy atom. The summed E-state index contributed by atoms with van der Waals surface area (Å²) in [5, 5.41) is 10.9. The fourth-order valence-corrected chi connectivity index (χ4v) is 2.42. The number of aliphatic hydroxyl groups is 1. The molecule has 1 rings (SSSR count). The van der Waals surface area contributed by atoms with Crippen molar-refractivity contribution in [1.29, 1.82) is 0 Å². The summed E-state index contributed by atoms with van der Waals surface area (Å²) in [5.74, 6) is 0. The van der Waals surface area contributed by atoms with Crippen LogP contribution in [0.1, 0.15) is 32.4 Å². The van der Waals surface area contributed by atoms with Crippen molar-refractivity contribution in [3.8, 4) is 0 Å². The third kappa shape index (κ3) is 4.09. The van der Waals surface area contributed by atoms with E-state index < -0.39 is 14.4 Å². The van der Waals surface area contributed by atoms with Crippen LogP contribution in [0.2, 0.25) is 23.2 Å². The van der Waals surface area contributed by atoms with E-state index in [0.717, 1.165) is 5.56 Å². The highest BCUT2D eigenvalue weighted by atomic mass is 35.5. The Hall–Kier alpha value is -0.353. The molecule has 1 atom stereocenters. The van der Waals surface area contributed by atoms with E-state index in [0.29, 0.717) is 11.6 Å². The first kappa shape index (κ1) is 15.7. The molecule has 0 aromatic heterocycles. The Morgan fingerprint density at radius 3 is 2.17 bits per heavy atom. The number of halogens is 1. The third-order valence-electron chi connectivity index (χ3n) is 3.66. The molecule has 1 aromatic carbocycles. The maximum atomic E-state index is 10.1. The van der Waals surface area contributed by atoms with Gasteiger partial charge in [-0.3, -0.25) is 0 Å². The number of benzene rings is 1. The highest BCUT2D eigenvalue weighted by molar-refractivity contribution is 6.74. The van der Waals surface area contributed by atoms with Crippen molar-refractivity contribution in [1.82, 2.24) is 0 Å². The monoisotopic (exact) mass is 286 g/mol. The predicted octanol–water partition coefficient (Wildman–Crippen LogP) is 4.40. The molecule has 0 fully saturated rings. The molecule has 0 bridgehead atoms. The molecule has 0 aliphatic heterocycles. The minimum atomic E-state index is -1.80. The van der Waals surface area contributed by atoms with E-state index >= 15 is 0 Å². The van der Waals surface area contributed by atoms with Gasteiger partial charge in [-0.2, -0.15) is 0 Å². The molecule has 0 saturated carbocycles. The van der Waals surface area contributed by atoms with Crippen LogP contribution in [0, 0.1) is 0 Å². The van der Waals surface area contributed by atoms with E-state index in [9.17, 15) is 5.11 Å². The van der Waals surface area contributed by atoms with Gasteiger partial charge in [0.15, 0.2) is 8.32 Å². The average molecular weight is 287 g/mol. The molecule has 0 radical (unpaired) electrons. The van der Waals surface area contributed by atoms with Crippen molar-refractivity contribution in [2.75, 3.05) is 6.61 Å². The number of rotatable bonds is 4.